The monoisotopic (exact) mass is 527 g/mol. The zero-order valence-corrected chi connectivity index (χ0v) is 22.6. The molecule has 34 heavy (non-hydrogen) atoms. The Morgan fingerprint density at radius 3 is 2.03 bits per heavy atom. The van der Waals surface area contributed by atoms with Gasteiger partial charge in [-0.05, 0) is 58.4 Å². The molecule has 2 aromatic carbocycles. The predicted octanol–water partition coefficient (Wildman–Crippen LogP) is 4.40. The minimum Gasteiger partial charge on any atom is -0.350 e. The molecular formula is C24H31Cl2N3O4S. The number of benzene rings is 2. The summed E-state index contributed by atoms with van der Waals surface area (Å²) in [7, 11) is -3.87. The van der Waals surface area contributed by atoms with Gasteiger partial charge in [0, 0.05) is 22.1 Å². The number of nitrogens with zero attached hydrogens (tertiary/aromatic N) is 2. The summed E-state index contributed by atoms with van der Waals surface area (Å²) in [4.78, 5) is 27.8. The van der Waals surface area contributed by atoms with E-state index >= 15 is 0 Å². The van der Waals surface area contributed by atoms with Crippen LogP contribution in [0.25, 0.3) is 0 Å². The molecule has 186 valence electrons. The Morgan fingerprint density at radius 2 is 1.56 bits per heavy atom. The Balaban J connectivity index is 2.43. The fourth-order valence-corrected chi connectivity index (χ4v) is 4.59. The summed E-state index contributed by atoms with van der Waals surface area (Å²) >= 11 is 12.1. The van der Waals surface area contributed by atoms with Crippen LogP contribution in [-0.2, 0) is 26.2 Å². The number of aryl methyl sites for hydroxylation is 1. The van der Waals surface area contributed by atoms with E-state index in [0.29, 0.717) is 0 Å². The second kappa shape index (κ2) is 11.0. The Hall–Kier alpha value is -2.29. The van der Waals surface area contributed by atoms with Crippen molar-refractivity contribution in [2.24, 2.45) is 0 Å². The lowest BCUT2D eigenvalue weighted by atomic mass is 10.1. The fraction of sp³-hybridized carbons (Fsp3) is 0.417. The third-order valence-corrected chi connectivity index (χ3v) is 6.53. The second-order valence-corrected chi connectivity index (χ2v) is 12.1. The molecule has 0 fully saturated rings. The summed E-state index contributed by atoms with van der Waals surface area (Å²) in [5.74, 6) is -0.886. The van der Waals surface area contributed by atoms with Crippen molar-refractivity contribution in [1.82, 2.24) is 10.2 Å². The molecule has 0 unspecified atom stereocenters. The van der Waals surface area contributed by atoms with E-state index in [1.807, 2.05) is 52.0 Å². The Kier molecular flexibility index (Phi) is 9.02. The highest BCUT2D eigenvalue weighted by atomic mass is 35.5. The molecule has 2 rings (SSSR count). The van der Waals surface area contributed by atoms with Crippen LogP contribution in [0.4, 0.5) is 5.69 Å². The van der Waals surface area contributed by atoms with Crippen LogP contribution in [0.15, 0.2) is 42.5 Å². The number of sulfonamides is 1. The molecule has 7 nitrogen and oxygen atoms in total. The number of halogens is 2. The Morgan fingerprint density at radius 1 is 1.03 bits per heavy atom. The average Bonchev–Trinajstić information content (AvgIpc) is 2.68. The van der Waals surface area contributed by atoms with E-state index in [9.17, 15) is 18.0 Å². The van der Waals surface area contributed by atoms with Crippen molar-refractivity contribution in [3.8, 4) is 0 Å². The molecule has 10 heteroatoms. The quantitative estimate of drug-likeness (QED) is 0.551. The Labute approximate surface area is 212 Å². The molecule has 0 aliphatic heterocycles. The van der Waals surface area contributed by atoms with Gasteiger partial charge in [-0.1, -0.05) is 53.0 Å². The molecule has 1 atom stereocenters. The van der Waals surface area contributed by atoms with Crippen molar-refractivity contribution in [2.45, 2.75) is 52.7 Å². The van der Waals surface area contributed by atoms with Gasteiger partial charge in [0.2, 0.25) is 21.8 Å². The average molecular weight is 529 g/mol. The van der Waals surface area contributed by atoms with Gasteiger partial charge < -0.3 is 10.2 Å². The van der Waals surface area contributed by atoms with Crippen LogP contribution in [-0.4, -0.2) is 49.5 Å². The van der Waals surface area contributed by atoms with Crippen LogP contribution in [0.2, 0.25) is 10.0 Å². The summed E-state index contributed by atoms with van der Waals surface area (Å²) in [5, 5.41) is 3.35. The van der Waals surface area contributed by atoms with E-state index in [4.69, 9.17) is 23.2 Å². The number of nitrogens with one attached hydrogen (secondary N) is 1. The van der Waals surface area contributed by atoms with Crippen molar-refractivity contribution >= 4 is 50.7 Å². The van der Waals surface area contributed by atoms with Crippen molar-refractivity contribution < 1.29 is 18.0 Å². The smallest absolute Gasteiger partial charge is 0.244 e. The maximum absolute atomic E-state index is 13.5. The van der Waals surface area contributed by atoms with Crippen molar-refractivity contribution in [2.75, 3.05) is 17.1 Å². The summed E-state index contributed by atoms with van der Waals surface area (Å²) in [6.07, 6.45) is 0.995. The number of carbonyl (C=O) groups is 2. The van der Waals surface area contributed by atoms with Crippen LogP contribution in [0, 0.1) is 6.92 Å². The molecule has 0 aromatic heterocycles. The normalized spacial score (nSPS) is 12.7. The molecule has 0 saturated heterocycles. The van der Waals surface area contributed by atoms with E-state index in [1.165, 1.54) is 23.1 Å². The van der Waals surface area contributed by atoms with Gasteiger partial charge in [-0.15, -0.1) is 0 Å². The standard InChI is InChI=1S/C24H31Cl2N3O4S/c1-16-7-9-18(10-8-16)14-28(17(2)23(31)27-24(3,4)5)22(30)15-29(34(6,32)33)21-12-19(25)11-20(26)13-21/h7-13,17H,14-15H2,1-6H3,(H,27,31)/t17-/m1/s1. The third kappa shape index (κ3) is 8.18. The summed E-state index contributed by atoms with van der Waals surface area (Å²) in [6.45, 7) is 8.72. The van der Waals surface area contributed by atoms with Gasteiger partial charge in [-0.3, -0.25) is 13.9 Å². The molecule has 0 aliphatic carbocycles. The van der Waals surface area contributed by atoms with E-state index in [2.05, 4.69) is 5.32 Å². The van der Waals surface area contributed by atoms with Gasteiger partial charge in [-0.2, -0.15) is 0 Å². The van der Waals surface area contributed by atoms with Crippen LogP contribution in [0.1, 0.15) is 38.8 Å². The SMILES string of the molecule is Cc1ccc(CN(C(=O)CN(c2cc(Cl)cc(Cl)c2)S(C)(=O)=O)[C@H](C)C(=O)NC(C)(C)C)cc1. The van der Waals surface area contributed by atoms with Gasteiger partial charge in [0.15, 0.2) is 0 Å². The number of hydrogen-bond acceptors (Lipinski definition) is 4. The summed E-state index contributed by atoms with van der Waals surface area (Å²) < 4.78 is 26.1. The van der Waals surface area contributed by atoms with Gasteiger partial charge >= 0.3 is 0 Å². The topological polar surface area (TPSA) is 86.8 Å². The van der Waals surface area contributed by atoms with Crippen LogP contribution in [0.3, 0.4) is 0 Å². The third-order valence-electron chi connectivity index (χ3n) is 4.95. The molecule has 0 radical (unpaired) electrons. The maximum atomic E-state index is 13.5. The molecule has 0 aliphatic rings. The molecule has 2 amide bonds. The number of carbonyl (C=O) groups excluding carboxylic acids is 2. The van der Waals surface area contributed by atoms with Crippen LogP contribution in [0.5, 0.6) is 0 Å². The minimum atomic E-state index is -3.87. The first-order chi connectivity index (χ1) is 15.6. The predicted molar refractivity (Wildman–Crippen MR) is 138 cm³/mol. The highest BCUT2D eigenvalue weighted by Gasteiger charge is 2.31. The Bertz CT molecular complexity index is 1130. The van der Waals surface area contributed by atoms with Crippen molar-refractivity contribution in [3.05, 3.63) is 63.6 Å². The molecule has 0 heterocycles. The van der Waals surface area contributed by atoms with Gasteiger partial charge in [-0.25, -0.2) is 8.42 Å². The second-order valence-electron chi connectivity index (χ2n) is 9.32. The first kappa shape index (κ1) is 28.0. The minimum absolute atomic E-state index is 0.131. The number of hydrogen-bond donors (Lipinski definition) is 1. The first-order valence-corrected chi connectivity index (χ1v) is 13.3. The lowest BCUT2D eigenvalue weighted by molar-refractivity contribution is -0.140. The van der Waals surface area contributed by atoms with Gasteiger partial charge in [0.1, 0.15) is 12.6 Å². The zero-order chi connectivity index (χ0) is 25.8. The van der Waals surface area contributed by atoms with E-state index in [0.717, 1.165) is 21.7 Å². The fourth-order valence-electron chi connectivity index (χ4n) is 3.24. The summed E-state index contributed by atoms with van der Waals surface area (Å²) in [6, 6.07) is 11.0. The van der Waals surface area contributed by atoms with Crippen molar-refractivity contribution in [1.29, 1.82) is 0 Å². The lowest BCUT2D eigenvalue weighted by Crippen LogP contribution is -2.54. The van der Waals surface area contributed by atoms with E-state index in [1.54, 1.807) is 6.92 Å². The molecule has 2 aromatic rings. The number of rotatable bonds is 8. The van der Waals surface area contributed by atoms with E-state index in [-0.39, 0.29) is 28.2 Å². The van der Waals surface area contributed by atoms with E-state index < -0.39 is 34.1 Å². The molecule has 0 saturated carbocycles. The van der Waals surface area contributed by atoms with Crippen LogP contribution >= 0.6 is 23.2 Å². The van der Waals surface area contributed by atoms with Gasteiger partial charge in [0.05, 0.1) is 11.9 Å². The molecule has 1 N–H and O–H groups in total. The number of anilines is 1. The molecule has 0 bridgehead atoms. The molecule has 0 spiro atoms. The summed E-state index contributed by atoms with van der Waals surface area (Å²) in [5.41, 5.74) is 1.53. The largest absolute Gasteiger partial charge is 0.350 e. The van der Waals surface area contributed by atoms with Crippen molar-refractivity contribution in [3.63, 3.8) is 0 Å². The highest BCUT2D eigenvalue weighted by molar-refractivity contribution is 7.92. The first-order valence-electron chi connectivity index (χ1n) is 10.7. The highest BCUT2D eigenvalue weighted by Crippen LogP contribution is 2.27. The van der Waals surface area contributed by atoms with Crippen LogP contribution < -0.4 is 9.62 Å². The zero-order valence-electron chi connectivity index (χ0n) is 20.2. The lowest BCUT2D eigenvalue weighted by Gasteiger charge is -2.33. The molecular weight excluding hydrogens is 497 g/mol. The number of amides is 2. The van der Waals surface area contributed by atoms with Gasteiger partial charge in [0.25, 0.3) is 0 Å². The maximum Gasteiger partial charge on any atom is 0.244 e.